The molecule has 0 aromatic carbocycles. The van der Waals surface area contributed by atoms with Crippen LogP contribution in [0.2, 0.25) is 0 Å². The third-order valence-corrected chi connectivity index (χ3v) is 2.53. The van der Waals surface area contributed by atoms with Gasteiger partial charge in [-0.05, 0) is 20.1 Å². The van der Waals surface area contributed by atoms with Crippen LogP contribution in [0, 0.1) is 0 Å². The highest BCUT2D eigenvalue weighted by molar-refractivity contribution is 8.12. The first-order valence-electron chi connectivity index (χ1n) is 3.48. The van der Waals surface area contributed by atoms with Gasteiger partial charge in [-0.2, -0.15) is 0 Å². The van der Waals surface area contributed by atoms with Gasteiger partial charge in [0.25, 0.3) is 5.24 Å². The second-order valence-corrected chi connectivity index (χ2v) is 3.69. The molecule has 0 radical (unpaired) electrons. The molecule has 0 aromatic heterocycles. The zero-order valence-electron chi connectivity index (χ0n) is 7.26. The maximum absolute atomic E-state index is 10.8. The van der Waals surface area contributed by atoms with Crippen molar-refractivity contribution in [3.8, 4) is 0 Å². The first-order chi connectivity index (χ1) is 5.49. The Bertz CT molecular complexity index is 186. The van der Waals surface area contributed by atoms with Crippen LogP contribution in [0.5, 0.6) is 0 Å². The summed E-state index contributed by atoms with van der Waals surface area (Å²) >= 11 is 6.76. The first-order valence-corrected chi connectivity index (χ1v) is 5.14. The fraction of sp³-hybridized carbons (Fsp3) is 0.714. The first kappa shape index (κ1) is 11.8. The normalized spacial score (nSPS) is 15.0. The molecule has 1 amide bonds. The van der Waals surface area contributed by atoms with E-state index in [0.717, 1.165) is 11.8 Å². The number of alkyl halides is 1. The highest BCUT2D eigenvalue weighted by Gasteiger charge is 2.19. The Hall–Kier alpha value is -0.220. The number of rotatable bonds is 3. The van der Waals surface area contributed by atoms with E-state index in [1.807, 2.05) is 0 Å². The number of nitrogens with one attached hydrogen (secondary N) is 1. The van der Waals surface area contributed by atoms with Crippen molar-refractivity contribution in [1.29, 1.82) is 0 Å². The molecule has 12 heavy (non-hydrogen) atoms. The quantitative estimate of drug-likeness (QED) is 0.719. The Labute approximate surface area is 81.2 Å². The van der Waals surface area contributed by atoms with Crippen LogP contribution in [0.15, 0.2) is 0 Å². The van der Waals surface area contributed by atoms with Crippen molar-refractivity contribution in [3.05, 3.63) is 0 Å². The number of thioether (sulfide) groups is 1. The van der Waals surface area contributed by atoms with Crippen LogP contribution >= 0.6 is 23.4 Å². The lowest BCUT2D eigenvalue weighted by atomic mass is 10.2. The van der Waals surface area contributed by atoms with Gasteiger partial charge in [-0.25, -0.2) is 0 Å². The number of Topliss-reactive ketones (excluding diaryl/α,β-unsaturated/α-hetero) is 1. The molecule has 5 heteroatoms. The molecule has 70 valence electrons. The van der Waals surface area contributed by atoms with E-state index in [9.17, 15) is 9.59 Å². The molecule has 0 heterocycles. The summed E-state index contributed by atoms with van der Waals surface area (Å²) in [6, 6.07) is -0.316. The number of halogens is 1. The predicted octanol–water partition coefficient (Wildman–Crippen LogP) is 1.64. The number of hydrogen-bond donors (Lipinski definition) is 1. The van der Waals surface area contributed by atoms with Crippen molar-refractivity contribution < 1.29 is 9.59 Å². The molecule has 0 aromatic rings. The maximum atomic E-state index is 10.8. The van der Waals surface area contributed by atoms with Crippen LogP contribution in [-0.4, -0.2) is 28.7 Å². The molecule has 0 fully saturated rings. The summed E-state index contributed by atoms with van der Waals surface area (Å²) in [5, 5.41) is 1.77. The molecule has 0 saturated carbocycles. The Morgan fingerprint density at radius 3 is 2.33 bits per heavy atom. The topological polar surface area (TPSA) is 46.2 Å². The van der Waals surface area contributed by atoms with Crippen molar-refractivity contribution in [1.82, 2.24) is 5.32 Å². The van der Waals surface area contributed by atoms with E-state index >= 15 is 0 Å². The lowest BCUT2D eigenvalue weighted by Crippen LogP contribution is -2.39. The van der Waals surface area contributed by atoms with Crippen LogP contribution in [0.3, 0.4) is 0 Å². The molecule has 0 aliphatic heterocycles. The van der Waals surface area contributed by atoms with Crippen molar-refractivity contribution in [2.45, 2.75) is 25.3 Å². The molecule has 0 saturated heterocycles. The Morgan fingerprint density at radius 1 is 1.50 bits per heavy atom. The average Bonchev–Trinajstić information content (AvgIpc) is 2.02. The van der Waals surface area contributed by atoms with E-state index in [0.29, 0.717) is 0 Å². The van der Waals surface area contributed by atoms with Gasteiger partial charge >= 0.3 is 0 Å². The van der Waals surface area contributed by atoms with E-state index in [1.54, 1.807) is 13.2 Å². The average molecular weight is 210 g/mol. The lowest BCUT2D eigenvalue weighted by molar-refractivity contribution is -0.117. The van der Waals surface area contributed by atoms with Gasteiger partial charge in [-0.1, -0.05) is 11.8 Å². The number of hydrogen-bond acceptors (Lipinski definition) is 3. The van der Waals surface area contributed by atoms with Crippen LogP contribution in [0.1, 0.15) is 13.8 Å². The summed E-state index contributed by atoms with van der Waals surface area (Å²) in [6.45, 7) is 3.10. The molecule has 3 nitrogen and oxygen atoms in total. The monoisotopic (exact) mass is 209 g/mol. The largest absolute Gasteiger partial charge is 0.343 e. The van der Waals surface area contributed by atoms with Crippen LogP contribution in [0.25, 0.3) is 0 Å². The van der Waals surface area contributed by atoms with Gasteiger partial charge in [-0.15, -0.1) is 11.6 Å². The lowest BCUT2D eigenvalue weighted by Gasteiger charge is -2.15. The molecule has 0 bridgehead atoms. The van der Waals surface area contributed by atoms with Gasteiger partial charge in [0.2, 0.25) is 0 Å². The zero-order chi connectivity index (χ0) is 9.72. The van der Waals surface area contributed by atoms with Crippen molar-refractivity contribution in [2.75, 3.05) is 6.26 Å². The minimum Gasteiger partial charge on any atom is -0.343 e. The van der Waals surface area contributed by atoms with Gasteiger partial charge in [0.05, 0.1) is 6.04 Å². The molecular weight excluding hydrogens is 198 g/mol. The molecular formula is C7H12ClNO2S. The molecule has 0 aliphatic rings. The van der Waals surface area contributed by atoms with Gasteiger partial charge in [-0.3, -0.25) is 9.59 Å². The molecule has 2 unspecified atom stereocenters. The third-order valence-electron chi connectivity index (χ3n) is 1.36. The SMILES string of the molecule is CSC(=O)NC(C)C(Cl)C(C)=O. The summed E-state index contributed by atoms with van der Waals surface area (Å²) < 4.78 is 0. The molecule has 0 spiro atoms. The van der Waals surface area contributed by atoms with Gasteiger partial charge in [0, 0.05) is 0 Å². The molecule has 0 rings (SSSR count). The van der Waals surface area contributed by atoms with Crippen LogP contribution < -0.4 is 5.32 Å². The minimum atomic E-state index is -0.638. The number of carbonyl (C=O) groups excluding carboxylic acids is 2. The summed E-state index contributed by atoms with van der Waals surface area (Å²) in [4.78, 5) is 21.6. The van der Waals surface area contributed by atoms with E-state index in [2.05, 4.69) is 5.32 Å². The van der Waals surface area contributed by atoms with E-state index in [4.69, 9.17) is 11.6 Å². The van der Waals surface area contributed by atoms with E-state index in [1.165, 1.54) is 6.92 Å². The summed E-state index contributed by atoms with van der Waals surface area (Å²) in [6.07, 6.45) is 1.67. The van der Waals surface area contributed by atoms with Crippen molar-refractivity contribution >= 4 is 34.4 Å². The molecule has 1 N–H and O–H groups in total. The predicted molar refractivity (Wildman–Crippen MR) is 51.8 cm³/mol. The highest BCUT2D eigenvalue weighted by atomic mass is 35.5. The molecule has 0 aliphatic carbocycles. The number of amides is 1. The number of ketones is 1. The van der Waals surface area contributed by atoms with Crippen molar-refractivity contribution in [2.24, 2.45) is 0 Å². The fourth-order valence-corrected chi connectivity index (χ4v) is 1.04. The number of carbonyl (C=O) groups is 2. The second-order valence-electron chi connectivity index (χ2n) is 2.44. The highest BCUT2D eigenvalue weighted by Crippen LogP contribution is 2.05. The fourth-order valence-electron chi connectivity index (χ4n) is 0.670. The third kappa shape index (κ3) is 3.97. The van der Waals surface area contributed by atoms with Crippen LogP contribution in [0.4, 0.5) is 4.79 Å². The van der Waals surface area contributed by atoms with Crippen LogP contribution in [-0.2, 0) is 4.79 Å². The van der Waals surface area contributed by atoms with E-state index < -0.39 is 5.38 Å². The van der Waals surface area contributed by atoms with Gasteiger partial charge in [0.1, 0.15) is 11.2 Å². The van der Waals surface area contributed by atoms with E-state index in [-0.39, 0.29) is 17.1 Å². The van der Waals surface area contributed by atoms with Gasteiger partial charge in [0.15, 0.2) is 0 Å². The summed E-state index contributed by atoms with van der Waals surface area (Å²) in [7, 11) is 0. The Morgan fingerprint density at radius 2 is 2.00 bits per heavy atom. The van der Waals surface area contributed by atoms with Crippen molar-refractivity contribution in [3.63, 3.8) is 0 Å². The zero-order valence-corrected chi connectivity index (χ0v) is 8.83. The minimum absolute atomic E-state index is 0.134. The summed E-state index contributed by atoms with van der Waals surface area (Å²) in [5.74, 6) is -0.134. The maximum Gasteiger partial charge on any atom is 0.279 e. The summed E-state index contributed by atoms with van der Waals surface area (Å²) in [5.41, 5.74) is 0. The Balaban J connectivity index is 3.94. The smallest absolute Gasteiger partial charge is 0.279 e. The van der Waals surface area contributed by atoms with Gasteiger partial charge < -0.3 is 5.32 Å². The second kappa shape index (κ2) is 5.43. The standard InChI is InChI=1S/C7H12ClNO2S/c1-4(6(8)5(2)10)9-7(11)12-3/h4,6H,1-3H3,(H,9,11). The molecule has 2 atom stereocenters. The Kier molecular flexibility index (Phi) is 5.33.